The van der Waals surface area contributed by atoms with Gasteiger partial charge < -0.3 is 20.9 Å². The molecule has 2 aliphatic carbocycles. The van der Waals surface area contributed by atoms with Crippen molar-refractivity contribution in [1.82, 2.24) is 20.4 Å². The van der Waals surface area contributed by atoms with Gasteiger partial charge in [0.2, 0.25) is 5.91 Å². The van der Waals surface area contributed by atoms with Gasteiger partial charge in [-0.15, -0.1) is 0 Å². The zero-order valence-electron chi connectivity index (χ0n) is 23.5. The summed E-state index contributed by atoms with van der Waals surface area (Å²) >= 11 is 0. The average molecular weight is 562 g/mol. The molecule has 1 unspecified atom stereocenters. The van der Waals surface area contributed by atoms with Gasteiger partial charge in [0.15, 0.2) is 0 Å². The van der Waals surface area contributed by atoms with Gasteiger partial charge in [0, 0.05) is 35.3 Å². The number of nitrogens with zero attached hydrogens (tertiary/aromatic N) is 6. The Kier molecular flexibility index (Phi) is 9.21. The molecule has 41 heavy (non-hydrogen) atoms. The van der Waals surface area contributed by atoms with Crippen molar-refractivity contribution in [2.45, 2.75) is 94.5 Å². The van der Waals surface area contributed by atoms with Crippen LogP contribution in [0.1, 0.15) is 74.6 Å². The third kappa shape index (κ3) is 6.55. The first-order valence-corrected chi connectivity index (χ1v) is 14.7. The molecule has 1 saturated heterocycles. The first kappa shape index (κ1) is 28.6. The lowest BCUT2D eigenvalue weighted by atomic mass is 9.91. The van der Waals surface area contributed by atoms with Crippen LogP contribution in [0.2, 0.25) is 0 Å². The Morgan fingerprint density at radius 1 is 1.05 bits per heavy atom. The van der Waals surface area contributed by atoms with E-state index in [-0.39, 0.29) is 42.7 Å². The van der Waals surface area contributed by atoms with Crippen molar-refractivity contribution in [2.75, 3.05) is 18.9 Å². The van der Waals surface area contributed by atoms with Crippen LogP contribution in [0, 0.1) is 4.91 Å². The third-order valence-electron chi connectivity index (χ3n) is 8.83. The van der Waals surface area contributed by atoms with Crippen molar-refractivity contribution in [3.05, 3.63) is 68.8 Å². The van der Waals surface area contributed by atoms with Crippen LogP contribution in [-0.4, -0.2) is 65.5 Å². The molecule has 2 saturated carbocycles. The Labute approximate surface area is 240 Å². The molecule has 0 aromatic heterocycles. The number of anilines is 1. The summed E-state index contributed by atoms with van der Waals surface area (Å²) in [4.78, 5) is 43.8. The highest BCUT2D eigenvalue weighted by atomic mass is 16.3. The number of nitroso groups, excluding NO2 is 1. The van der Waals surface area contributed by atoms with Crippen LogP contribution < -0.4 is 16.0 Å². The molecule has 3 fully saturated rings. The topological polar surface area (TPSA) is 155 Å². The molecule has 12 nitrogen and oxygen atoms in total. The van der Waals surface area contributed by atoms with Gasteiger partial charge in [-0.3, -0.25) is 14.5 Å². The van der Waals surface area contributed by atoms with Crippen LogP contribution in [0.5, 0.6) is 0 Å². The molecule has 12 heteroatoms. The first-order chi connectivity index (χ1) is 20.0. The summed E-state index contributed by atoms with van der Waals surface area (Å²) in [5.41, 5.74) is 11.3. The van der Waals surface area contributed by atoms with Crippen molar-refractivity contribution in [3.8, 4) is 0 Å². The van der Waals surface area contributed by atoms with Crippen molar-refractivity contribution in [1.29, 1.82) is 0 Å². The standard InChI is InChI=1S/C29H39N9O3/c1-37-24-16-17-26(32-20-10-8-19(9-11-20)28(39)33-21-12-14-22(35-41)15-13-21)34-27(24)38(23-6-4-2-3-5-7-23)25(29(37)40)18-31-36-30/h8-11,16-17,21-23,25,27,32,34H,2-7,12-15,18H2,1H3,(H,33,39)/t21?,22?,25-,27?/m1/s1. The quantitative estimate of drug-likeness (QED) is 0.137. The van der Waals surface area contributed by atoms with Crippen LogP contribution in [0.3, 0.4) is 0 Å². The molecule has 2 heterocycles. The van der Waals surface area contributed by atoms with Crippen molar-refractivity contribution in [2.24, 2.45) is 10.3 Å². The number of fused-ring (bicyclic) bond motifs is 1. The second-order valence-electron chi connectivity index (χ2n) is 11.4. The van der Waals surface area contributed by atoms with Gasteiger partial charge in [0.05, 0.1) is 24.3 Å². The van der Waals surface area contributed by atoms with E-state index in [9.17, 15) is 14.5 Å². The fourth-order valence-corrected chi connectivity index (χ4v) is 6.55. The van der Waals surface area contributed by atoms with Crippen LogP contribution >= 0.6 is 0 Å². The predicted octanol–water partition coefficient (Wildman–Crippen LogP) is 4.74. The molecule has 4 aliphatic rings. The Hall–Kier alpha value is -3.89. The summed E-state index contributed by atoms with van der Waals surface area (Å²) in [6, 6.07) is 6.93. The Balaban J connectivity index is 1.28. The summed E-state index contributed by atoms with van der Waals surface area (Å²) in [5, 5.41) is 17.0. The Bertz CT molecular complexity index is 1220. The molecule has 0 bridgehead atoms. The van der Waals surface area contributed by atoms with Gasteiger partial charge in [-0.2, -0.15) is 4.91 Å². The molecule has 1 aromatic rings. The lowest BCUT2D eigenvalue weighted by Gasteiger charge is -2.51. The molecule has 5 rings (SSSR count). The number of hydrogen-bond donors (Lipinski definition) is 3. The van der Waals surface area contributed by atoms with Crippen LogP contribution in [0.25, 0.3) is 10.4 Å². The number of nitrogens with one attached hydrogen (secondary N) is 3. The monoisotopic (exact) mass is 561 g/mol. The first-order valence-electron chi connectivity index (χ1n) is 14.7. The largest absolute Gasteiger partial charge is 0.351 e. The molecular weight excluding hydrogens is 522 g/mol. The summed E-state index contributed by atoms with van der Waals surface area (Å²) in [6.45, 7) is 0.0903. The number of allylic oxidation sites excluding steroid dienone is 2. The molecule has 0 radical (unpaired) electrons. The molecular formula is C29H39N9O3. The van der Waals surface area contributed by atoms with Crippen molar-refractivity contribution >= 4 is 17.5 Å². The minimum absolute atomic E-state index is 0.0573. The summed E-state index contributed by atoms with van der Waals surface area (Å²) in [7, 11) is 1.78. The zero-order chi connectivity index (χ0) is 28.8. The van der Waals surface area contributed by atoms with E-state index in [1.165, 1.54) is 12.8 Å². The van der Waals surface area contributed by atoms with E-state index in [0.717, 1.165) is 55.7 Å². The number of dihydropyridines is 1. The molecule has 2 atom stereocenters. The third-order valence-corrected chi connectivity index (χ3v) is 8.83. The summed E-state index contributed by atoms with van der Waals surface area (Å²) in [6.07, 6.45) is 13.2. The fourth-order valence-electron chi connectivity index (χ4n) is 6.55. The lowest BCUT2D eigenvalue weighted by Crippen LogP contribution is -2.67. The number of amides is 2. The van der Waals surface area contributed by atoms with E-state index in [2.05, 4.69) is 36.1 Å². The number of hydrogen-bond acceptors (Lipinski definition) is 8. The Morgan fingerprint density at radius 2 is 1.76 bits per heavy atom. The normalized spacial score (nSPS) is 27.2. The van der Waals surface area contributed by atoms with E-state index >= 15 is 0 Å². The molecule has 1 aromatic carbocycles. The highest BCUT2D eigenvalue weighted by molar-refractivity contribution is 5.94. The molecule has 218 valence electrons. The summed E-state index contributed by atoms with van der Waals surface area (Å²) < 4.78 is 0. The van der Waals surface area contributed by atoms with Crippen LogP contribution in [0.4, 0.5) is 5.69 Å². The van der Waals surface area contributed by atoms with Crippen LogP contribution in [0.15, 0.2) is 58.2 Å². The van der Waals surface area contributed by atoms with Gasteiger partial charge >= 0.3 is 0 Å². The van der Waals surface area contributed by atoms with Gasteiger partial charge in [0.25, 0.3) is 5.91 Å². The second-order valence-corrected chi connectivity index (χ2v) is 11.4. The zero-order valence-corrected chi connectivity index (χ0v) is 23.5. The number of carbonyl (C=O) groups is 2. The number of benzene rings is 1. The fraction of sp³-hybridized carbons (Fsp3) is 0.586. The molecule has 2 aliphatic heterocycles. The average Bonchev–Trinajstić information content (AvgIpc) is 3.28. The van der Waals surface area contributed by atoms with E-state index in [1.807, 2.05) is 24.3 Å². The molecule has 0 spiro atoms. The van der Waals surface area contributed by atoms with Crippen molar-refractivity contribution in [3.63, 3.8) is 0 Å². The van der Waals surface area contributed by atoms with E-state index < -0.39 is 6.04 Å². The SMILES string of the molecule is CN1C(=O)[C@@H](CN=[N+]=[N-])N(C2CCCCCC2)C2NC(Nc3ccc(C(=O)NC4CCC(N=O)CC4)cc3)=CC=C21. The van der Waals surface area contributed by atoms with Crippen LogP contribution in [-0.2, 0) is 4.79 Å². The Morgan fingerprint density at radius 3 is 2.41 bits per heavy atom. The van der Waals surface area contributed by atoms with Gasteiger partial charge in [0.1, 0.15) is 12.0 Å². The number of likely N-dealkylation sites (N-methyl/N-ethyl adjacent to an activating group) is 1. The number of carbonyl (C=O) groups excluding carboxylic acids is 2. The second kappa shape index (κ2) is 13.2. The maximum Gasteiger partial charge on any atom is 0.251 e. The number of piperazine rings is 1. The highest BCUT2D eigenvalue weighted by Gasteiger charge is 2.46. The van der Waals surface area contributed by atoms with E-state index in [4.69, 9.17) is 5.53 Å². The van der Waals surface area contributed by atoms with E-state index in [1.54, 1.807) is 24.1 Å². The maximum atomic E-state index is 13.4. The molecule has 2 amide bonds. The predicted molar refractivity (Wildman–Crippen MR) is 156 cm³/mol. The molecule has 3 N–H and O–H groups in total. The minimum Gasteiger partial charge on any atom is -0.351 e. The van der Waals surface area contributed by atoms with Gasteiger partial charge in [-0.1, -0.05) is 36.0 Å². The lowest BCUT2D eigenvalue weighted by molar-refractivity contribution is -0.141. The smallest absolute Gasteiger partial charge is 0.251 e. The van der Waals surface area contributed by atoms with Gasteiger partial charge in [-0.25, -0.2) is 0 Å². The minimum atomic E-state index is -0.532. The van der Waals surface area contributed by atoms with Crippen molar-refractivity contribution < 1.29 is 9.59 Å². The van der Waals surface area contributed by atoms with E-state index in [0.29, 0.717) is 18.4 Å². The maximum absolute atomic E-state index is 13.4. The summed E-state index contributed by atoms with van der Waals surface area (Å²) in [5.74, 6) is 0.597. The number of rotatable bonds is 8. The number of azide groups is 1. The highest BCUT2D eigenvalue weighted by Crippen LogP contribution is 2.34. The van der Waals surface area contributed by atoms with Gasteiger partial charge in [-0.05, 0) is 80.5 Å².